The van der Waals surface area contributed by atoms with Crippen molar-refractivity contribution in [2.75, 3.05) is 18.5 Å². The molecule has 2 heterocycles. The monoisotopic (exact) mass is 576 g/mol. The summed E-state index contributed by atoms with van der Waals surface area (Å²) < 4.78 is 13.0. The Morgan fingerprint density at radius 1 is 0.875 bits per heavy atom. The number of nitrogens with zero attached hydrogens (tertiary/aromatic N) is 1. The average molecular weight is 577 g/mol. The molecule has 1 aliphatic heterocycles. The van der Waals surface area contributed by atoms with Crippen LogP contribution in [-0.2, 0) is 4.79 Å². The molecular formula is C31H26Cl2N2O5. The van der Waals surface area contributed by atoms with Crippen molar-refractivity contribution in [2.24, 2.45) is 5.92 Å². The molecule has 0 radical (unpaired) electrons. The van der Waals surface area contributed by atoms with Gasteiger partial charge >= 0.3 is 0 Å². The van der Waals surface area contributed by atoms with Gasteiger partial charge in [0, 0.05) is 46.4 Å². The summed E-state index contributed by atoms with van der Waals surface area (Å²) in [5, 5.41) is 3.61. The van der Waals surface area contributed by atoms with Crippen molar-refractivity contribution >= 4 is 46.4 Å². The molecule has 9 heteroatoms. The second-order valence-corrected chi connectivity index (χ2v) is 10.3. The van der Waals surface area contributed by atoms with Gasteiger partial charge in [-0.15, -0.1) is 0 Å². The number of fused-ring (bicyclic) bond motifs is 1. The normalized spacial score (nSPS) is 13.0. The zero-order chi connectivity index (χ0) is 28.4. The number of aryl methyl sites for hydroxylation is 1. The predicted octanol–water partition coefficient (Wildman–Crippen LogP) is 6.88. The number of carbonyl (C=O) groups is 3. The van der Waals surface area contributed by atoms with E-state index >= 15 is 0 Å². The van der Waals surface area contributed by atoms with Gasteiger partial charge in [-0.1, -0.05) is 53.5 Å². The van der Waals surface area contributed by atoms with E-state index in [0.717, 1.165) is 11.4 Å². The van der Waals surface area contributed by atoms with E-state index in [2.05, 4.69) is 5.32 Å². The number of anilines is 1. The Kier molecular flexibility index (Phi) is 7.96. The molecular weight excluding hydrogens is 551 g/mol. The van der Waals surface area contributed by atoms with E-state index in [-0.39, 0.29) is 12.2 Å². The molecule has 40 heavy (non-hydrogen) atoms. The van der Waals surface area contributed by atoms with Crippen LogP contribution >= 0.6 is 23.2 Å². The fraction of sp³-hybridized carbons (Fsp3) is 0.194. The molecule has 0 aliphatic carbocycles. The summed E-state index contributed by atoms with van der Waals surface area (Å²) in [5.41, 5.74) is 3.41. The molecule has 0 saturated carbocycles. The lowest BCUT2D eigenvalue weighted by molar-refractivity contribution is -0.118. The van der Waals surface area contributed by atoms with E-state index < -0.39 is 17.6 Å². The summed E-state index contributed by atoms with van der Waals surface area (Å²) in [7, 11) is 0. The Hall–Kier alpha value is -4.07. The van der Waals surface area contributed by atoms with Crippen molar-refractivity contribution in [3.63, 3.8) is 0 Å². The molecule has 204 valence electrons. The van der Waals surface area contributed by atoms with Crippen molar-refractivity contribution in [2.45, 2.75) is 20.3 Å². The van der Waals surface area contributed by atoms with Gasteiger partial charge in [-0.25, -0.2) is 0 Å². The summed E-state index contributed by atoms with van der Waals surface area (Å²) >= 11 is 12.3. The van der Waals surface area contributed by atoms with Gasteiger partial charge in [0.1, 0.15) is 19.1 Å². The number of hydrogen-bond acceptors (Lipinski definition) is 5. The first-order chi connectivity index (χ1) is 19.2. The average Bonchev–Trinajstić information content (AvgIpc) is 3.26. The highest BCUT2D eigenvalue weighted by molar-refractivity contribution is 6.42. The van der Waals surface area contributed by atoms with Crippen LogP contribution < -0.4 is 14.8 Å². The van der Waals surface area contributed by atoms with Gasteiger partial charge < -0.3 is 19.4 Å². The van der Waals surface area contributed by atoms with Gasteiger partial charge in [0.2, 0.25) is 5.91 Å². The Balaban J connectivity index is 1.44. The van der Waals surface area contributed by atoms with Crippen LogP contribution in [0.15, 0.2) is 72.8 Å². The van der Waals surface area contributed by atoms with Crippen LogP contribution in [0.4, 0.5) is 5.69 Å². The van der Waals surface area contributed by atoms with Crippen LogP contribution in [0.25, 0.3) is 5.69 Å². The highest BCUT2D eigenvalue weighted by Gasteiger charge is 2.32. The van der Waals surface area contributed by atoms with Gasteiger partial charge in [-0.2, -0.15) is 0 Å². The van der Waals surface area contributed by atoms with E-state index in [0.29, 0.717) is 57.3 Å². The second-order valence-electron chi connectivity index (χ2n) is 9.48. The van der Waals surface area contributed by atoms with E-state index in [4.69, 9.17) is 32.7 Å². The van der Waals surface area contributed by atoms with Gasteiger partial charge in [0.15, 0.2) is 23.1 Å². The molecule has 3 aromatic carbocycles. The summed E-state index contributed by atoms with van der Waals surface area (Å²) in [5.74, 6) is -1.53. The Labute approximate surface area is 241 Å². The number of amides is 1. The van der Waals surface area contributed by atoms with Crippen LogP contribution in [0.1, 0.15) is 38.5 Å². The predicted molar refractivity (Wildman–Crippen MR) is 155 cm³/mol. The van der Waals surface area contributed by atoms with E-state index in [1.807, 2.05) is 24.5 Å². The number of benzene rings is 3. The van der Waals surface area contributed by atoms with Crippen molar-refractivity contribution in [1.82, 2.24) is 4.57 Å². The molecule has 5 rings (SSSR count). The second kappa shape index (κ2) is 11.6. The number of carbonyl (C=O) groups excluding carboxylic acids is 3. The smallest absolute Gasteiger partial charge is 0.235 e. The highest BCUT2D eigenvalue weighted by Crippen LogP contribution is 2.33. The van der Waals surface area contributed by atoms with Crippen LogP contribution in [0.5, 0.6) is 11.5 Å². The Bertz CT molecular complexity index is 1610. The van der Waals surface area contributed by atoms with E-state index in [1.54, 1.807) is 66.7 Å². The first-order valence-corrected chi connectivity index (χ1v) is 13.5. The highest BCUT2D eigenvalue weighted by atomic mass is 35.5. The zero-order valence-corrected chi connectivity index (χ0v) is 23.4. The maximum atomic E-state index is 13.6. The molecule has 4 aromatic rings. The summed E-state index contributed by atoms with van der Waals surface area (Å²) in [4.78, 5) is 40.7. The number of aromatic nitrogens is 1. The molecule has 1 aromatic heterocycles. The van der Waals surface area contributed by atoms with Crippen LogP contribution in [-0.4, -0.2) is 35.3 Å². The summed E-state index contributed by atoms with van der Waals surface area (Å²) in [6.07, 6.45) is -0.310. The molecule has 1 amide bonds. The molecule has 7 nitrogen and oxygen atoms in total. The topological polar surface area (TPSA) is 86.6 Å². The van der Waals surface area contributed by atoms with Crippen LogP contribution in [0, 0.1) is 19.8 Å². The molecule has 1 aliphatic rings. The lowest BCUT2D eigenvalue weighted by atomic mass is 9.90. The number of nitrogens with one attached hydrogen (secondary N) is 1. The molecule has 0 spiro atoms. The molecule has 0 saturated heterocycles. The minimum Gasteiger partial charge on any atom is -0.486 e. The SMILES string of the molecule is Cc1cc(C(=O)C[C@@H](C(=O)Nc2ccc3c(c2)OCCO3)C(=O)c2ccccc2)c(C)n1-c1ccc(Cl)c(Cl)c1. The van der Waals surface area contributed by atoms with Crippen LogP contribution in [0.3, 0.4) is 0 Å². The fourth-order valence-corrected chi connectivity index (χ4v) is 5.11. The molecule has 0 unspecified atom stereocenters. The fourth-order valence-electron chi connectivity index (χ4n) is 4.82. The maximum Gasteiger partial charge on any atom is 0.235 e. The largest absolute Gasteiger partial charge is 0.486 e. The number of hydrogen-bond donors (Lipinski definition) is 1. The third kappa shape index (κ3) is 5.62. The van der Waals surface area contributed by atoms with Gasteiger partial charge in [-0.05, 0) is 50.2 Å². The van der Waals surface area contributed by atoms with Gasteiger partial charge in [-0.3, -0.25) is 14.4 Å². The van der Waals surface area contributed by atoms with Crippen molar-refractivity contribution in [3.8, 4) is 17.2 Å². The molecule has 1 N–H and O–H groups in total. The first kappa shape index (κ1) is 27.5. The molecule has 0 fully saturated rings. The minimum atomic E-state index is -1.25. The quantitative estimate of drug-likeness (QED) is 0.182. The number of halogens is 2. The van der Waals surface area contributed by atoms with Crippen molar-refractivity contribution < 1.29 is 23.9 Å². The molecule has 1 atom stereocenters. The van der Waals surface area contributed by atoms with E-state index in [9.17, 15) is 14.4 Å². The van der Waals surface area contributed by atoms with Gasteiger partial charge in [0.05, 0.1) is 10.0 Å². The number of ether oxygens (including phenoxy) is 2. The number of rotatable bonds is 8. The molecule has 0 bridgehead atoms. The van der Waals surface area contributed by atoms with Crippen molar-refractivity contribution in [1.29, 1.82) is 0 Å². The third-order valence-electron chi connectivity index (χ3n) is 6.78. The number of ketones is 2. The van der Waals surface area contributed by atoms with Crippen molar-refractivity contribution in [3.05, 3.63) is 105 Å². The Morgan fingerprint density at radius 2 is 1.60 bits per heavy atom. The third-order valence-corrected chi connectivity index (χ3v) is 7.52. The minimum absolute atomic E-state index is 0.310. The lowest BCUT2D eigenvalue weighted by Crippen LogP contribution is -2.32. The zero-order valence-electron chi connectivity index (χ0n) is 21.9. The summed E-state index contributed by atoms with van der Waals surface area (Å²) in [6, 6.07) is 20.5. The Morgan fingerprint density at radius 3 is 2.33 bits per heavy atom. The lowest BCUT2D eigenvalue weighted by Gasteiger charge is -2.20. The van der Waals surface area contributed by atoms with Crippen LogP contribution in [0.2, 0.25) is 10.0 Å². The standard InChI is InChI=1S/C31H26Cl2N2O5/c1-18-14-23(19(2)35(18)22-9-10-25(32)26(33)16-22)27(36)17-24(30(37)20-6-4-3-5-7-20)31(38)34-21-8-11-28-29(15-21)40-13-12-39-28/h3-11,14-16,24H,12-13,17H2,1-2H3,(H,34,38)/t24-/m1/s1. The first-order valence-electron chi connectivity index (χ1n) is 12.7. The summed E-state index contributed by atoms with van der Waals surface area (Å²) in [6.45, 7) is 4.52. The number of Topliss-reactive ketones (excluding diaryl/α,β-unsaturated/α-hetero) is 2. The van der Waals surface area contributed by atoms with Gasteiger partial charge in [0.25, 0.3) is 0 Å². The maximum absolute atomic E-state index is 13.6. The van der Waals surface area contributed by atoms with E-state index in [1.165, 1.54) is 0 Å².